The van der Waals surface area contributed by atoms with Crippen LogP contribution < -0.4 is 15.4 Å². The summed E-state index contributed by atoms with van der Waals surface area (Å²) in [6, 6.07) is 5.61. The van der Waals surface area contributed by atoms with Crippen molar-refractivity contribution in [1.29, 1.82) is 0 Å². The van der Waals surface area contributed by atoms with E-state index in [1.165, 1.54) is 0 Å². The van der Waals surface area contributed by atoms with E-state index in [1.54, 1.807) is 7.11 Å². The molecule has 1 saturated heterocycles. The van der Waals surface area contributed by atoms with E-state index < -0.39 is 0 Å². The lowest BCUT2D eigenvalue weighted by Crippen LogP contribution is -2.44. The zero-order chi connectivity index (χ0) is 17.2. The maximum absolute atomic E-state index is 6.00. The largest absolute Gasteiger partial charge is 0.496 e. The van der Waals surface area contributed by atoms with Crippen LogP contribution in [-0.2, 0) is 11.3 Å². The highest BCUT2D eigenvalue weighted by Crippen LogP contribution is 2.23. The summed E-state index contributed by atoms with van der Waals surface area (Å²) in [5, 5.41) is 7.31. The van der Waals surface area contributed by atoms with Gasteiger partial charge in [0.05, 0.1) is 26.9 Å². The van der Waals surface area contributed by atoms with Gasteiger partial charge in [-0.1, -0.05) is 17.7 Å². The minimum atomic E-state index is 0. The molecule has 142 valence electrons. The standard InChI is InChI=1S/C17H27ClN4O2.HI/c1-3-19-17(20-6-7-22-8-10-24-11-9-22)21-13-14-4-5-15(18)12-16(14)23-2;/h4-5,12H,3,6-11,13H2,1-2H3,(H2,19,20,21);1H. The number of morpholine rings is 1. The summed E-state index contributed by atoms with van der Waals surface area (Å²) in [5.74, 6) is 1.57. The predicted octanol–water partition coefficient (Wildman–Crippen LogP) is 2.35. The number of guanidine groups is 1. The highest BCUT2D eigenvalue weighted by Gasteiger charge is 2.10. The van der Waals surface area contributed by atoms with Crippen LogP contribution in [0.25, 0.3) is 0 Å². The van der Waals surface area contributed by atoms with Crippen molar-refractivity contribution in [3.05, 3.63) is 28.8 Å². The Kier molecular flexibility index (Phi) is 11.2. The van der Waals surface area contributed by atoms with Crippen molar-refractivity contribution in [2.24, 2.45) is 4.99 Å². The lowest BCUT2D eigenvalue weighted by molar-refractivity contribution is 0.0389. The molecule has 0 radical (unpaired) electrons. The Balaban J connectivity index is 0.00000312. The lowest BCUT2D eigenvalue weighted by Gasteiger charge is -2.26. The van der Waals surface area contributed by atoms with Gasteiger partial charge in [0.1, 0.15) is 5.75 Å². The number of ether oxygens (including phenoxy) is 2. The second-order valence-electron chi connectivity index (χ2n) is 5.53. The molecule has 1 aliphatic rings. The third-order valence-corrected chi connectivity index (χ3v) is 4.06. The van der Waals surface area contributed by atoms with Crippen LogP contribution in [0.3, 0.4) is 0 Å². The Bertz CT molecular complexity index is 539. The molecule has 25 heavy (non-hydrogen) atoms. The highest BCUT2D eigenvalue weighted by molar-refractivity contribution is 14.0. The first-order chi connectivity index (χ1) is 11.7. The van der Waals surface area contributed by atoms with Crippen LogP contribution in [-0.4, -0.2) is 63.9 Å². The third-order valence-electron chi connectivity index (χ3n) is 3.83. The normalized spacial score (nSPS) is 15.4. The van der Waals surface area contributed by atoms with Gasteiger partial charge in [0.25, 0.3) is 0 Å². The quantitative estimate of drug-likeness (QED) is 0.355. The molecule has 2 N–H and O–H groups in total. The predicted molar refractivity (Wildman–Crippen MR) is 113 cm³/mol. The van der Waals surface area contributed by atoms with E-state index in [1.807, 2.05) is 18.2 Å². The average Bonchev–Trinajstić information content (AvgIpc) is 2.61. The SMILES string of the molecule is CCNC(=NCc1ccc(Cl)cc1OC)NCCN1CCOCC1.I. The molecule has 0 bridgehead atoms. The molecule has 0 amide bonds. The van der Waals surface area contributed by atoms with Crippen LogP contribution >= 0.6 is 35.6 Å². The van der Waals surface area contributed by atoms with Gasteiger partial charge in [0, 0.05) is 43.3 Å². The van der Waals surface area contributed by atoms with Crippen molar-refractivity contribution in [3.8, 4) is 5.75 Å². The highest BCUT2D eigenvalue weighted by atomic mass is 127. The van der Waals surface area contributed by atoms with Gasteiger partial charge in [-0.05, 0) is 19.1 Å². The average molecular weight is 483 g/mol. The summed E-state index contributed by atoms with van der Waals surface area (Å²) in [5.41, 5.74) is 1.01. The van der Waals surface area contributed by atoms with Crippen molar-refractivity contribution >= 4 is 41.5 Å². The minimum absolute atomic E-state index is 0. The number of methoxy groups -OCH3 is 1. The number of nitrogens with one attached hydrogen (secondary N) is 2. The number of hydrogen-bond donors (Lipinski definition) is 2. The Morgan fingerprint density at radius 1 is 1.32 bits per heavy atom. The van der Waals surface area contributed by atoms with Crippen molar-refractivity contribution in [2.75, 3.05) is 53.0 Å². The molecule has 2 rings (SSSR count). The first-order valence-corrected chi connectivity index (χ1v) is 8.75. The van der Waals surface area contributed by atoms with Crippen LogP contribution in [0.2, 0.25) is 5.02 Å². The molecular formula is C17H28ClIN4O2. The van der Waals surface area contributed by atoms with E-state index >= 15 is 0 Å². The smallest absolute Gasteiger partial charge is 0.191 e. The van der Waals surface area contributed by atoms with E-state index in [4.69, 9.17) is 21.1 Å². The number of benzene rings is 1. The second-order valence-corrected chi connectivity index (χ2v) is 5.97. The summed E-state index contributed by atoms with van der Waals surface area (Å²) in [6.45, 7) is 8.89. The molecule has 1 aromatic rings. The van der Waals surface area contributed by atoms with Gasteiger partial charge in [-0.25, -0.2) is 4.99 Å². The van der Waals surface area contributed by atoms with Gasteiger partial charge in [0.2, 0.25) is 0 Å². The Labute approximate surface area is 172 Å². The van der Waals surface area contributed by atoms with E-state index in [0.29, 0.717) is 11.6 Å². The van der Waals surface area contributed by atoms with Crippen LogP contribution in [0.4, 0.5) is 0 Å². The molecule has 6 nitrogen and oxygen atoms in total. The van der Waals surface area contributed by atoms with Crippen LogP contribution in [0.15, 0.2) is 23.2 Å². The Hall–Kier alpha value is -0.770. The first kappa shape index (κ1) is 22.3. The maximum atomic E-state index is 6.00. The molecule has 0 saturated carbocycles. The first-order valence-electron chi connectivity index (χ1n) is 8.37. The molecule has 0 atom stereocenters. The molecule has 1 aromatic carbocycles. The molecule has 8 heteroatoms. The zero-order valence-electron chi connectivity index (χ0n) is 14.9. The van der Waals surface area contributed by atoms with Gasteiger partial charge >= 0.3 is 0 Å². The van der Waals surface area contributed by atoms with Crippen molar-refractivity contribution < 1.29 is 9.47 Å². The van der Waals surface area contributed by atoms with Gasteiger partial charge in [-0.2, -0.15) is 0 Å². The fourth-order valence-electron chi connectivity index (χ4n) is 2.51. The molecule has 1 heterocycles. The summed E-state index contributed by atoms with van der Waals surface area (Å²) in [7, 11) is 1.64. The minimum Gasteiger partial charge on any atom is -0.496 e. The fourth-order valence-corrected chi connectivity index (χ4v) is 2.67. The van der Waals surface area contributed by atoms with Gasteiger partial charge in [-0.3, -0.25) is 4.90 Å². The number of rotatable bonds is 7. The van der Waals surface area contributed by atoms with Gasteiger partial charge in [0.15, 0.2) is 5.96 Å². The number of aliphatic imine (C=N–C) groups is 1. The van der Waals surface area contributed by atoms with Crippen LogP contribution in [0.5, 0.6) is 5.75 Å². The van der Waals surface area contributed by atoms with Crippen molar-refractivity contribution in [2.45, 2.75) is 13.5 Å². The topological polar surface area (TPSA) is 58.1 Å². The third kappa shape index (κ3) is 7.98. The Morgan fingerprint density at radius 2 is 2.08 bits per heavy atom. The molecule has 0 aromatic heterocycles. The maximum Gasteiger partial charge on any atom is 0.191 e. The molecule has 0 unspecified atom stereocenters. The van der Waals surface area contributed by atoms with Gasteiger partial charge in [-0.15, -0.1) is 24.0 Å². The monoisotopic (exact) mass is 482 g/mol. The zero-order valence-corrected chi connectivity index (χ0v) is 18.0. The number of halogens is 2. The van der Waals surface area contributed by atoms with Gasteiger partial charge < -0.3 is 20.1 Å². The van der Waals surface area contributed by atoms with Crippen molar-refractivity contribution in [1.82, 2.24) is 15.5 Å². The second kappa shape index (κ2) is 12.6. The summed E-state index contributed by atoms with van der Waals surface area (Å²) < 4.78 is 10.7. The van der Waals surface area contributed by atoms with E-state index in [9.17, 15) is 0 Å². The number of hydrogen-bond acceptors (Lipinski definition) is 4. The number of nitrogens with zero attached hydrogens (tertiary/aromatic N) is 2. The molecule has 0 aliphatic carbocycles. The van der Waals surface area contributed by atoms with E-state index in [-0.39, 0.29) is 24.0 Å². The van der Waals surface area contributed by atoms with Crippen LogP contribution in [0, 0.1) is 0 Å². The van der Waals surface area contributed by atoms with E-state index in [2.05, 4.69) is 27.4 Å². The summed E-state index contributed by atoms with van der Waals surface area (Å²) in [6.07, 6.45) is 0. The molecule has 0 spiro atoms. The summed E-state index contributed by atoms with van der Waals surface area (Å²) >= 11 is 6.00. The molecular weight excluding hydrogens is 455 g/mol. The summed E-state index contributed by atoms with van der Waals surface area (Å²) in [4.78, 5) is 7.02. The lowest BCUT2D eigenvalue weighted by atomic mass is 10.2. The molecule has 1 fully saturated rings. The van der Waals surface area contributed by atoms with E-state index in [0.717, 1.165) is 63.2 Å². The van der Waals surface area contributed by atoms with Crippen LogP contribution in [0.1, 0.15) is 12.5 Å². The van der Waals surface area contributed by atoms with Crippen molar-refractivity contribution in [3.63, 3.8) is 0 Å². The Morgan fingerprint density at radius 3 is 2.76 bits per heavy atom. The molecule has 1 aliphatic heterocycles. The fraction of sp³-hybridized carbons (Fsp3) is 0.588.